The van der Waals surface area contributed by atoms with E-state index < -0.39 is 17.5 Å². The van der Waals surface area contributed by atoms with Gasteiger partial charge in [0.2, 0.25) is 5.89 Å². The van der Waals surface area contributed by atoms with E-state index in [1.165, 1.54) is 30.3 Å². The smallest absolute Gasteiger partial charge is 0.309 e. The second-order valence-electron chi connectivity index (χ2n) is 5.03. The number of aromatic nitrogens is 2. The summed E-state index contributed by atoms with van der Waals surface area (Å²) in [5, 5.41) is 18.7. The molecule has 2 aromatic carbocycles. The number of rotatable bonds is 4. The Bertz CT molecular complexity index is 979. The molecule has 25 heavy (non-hydrogen) atoms. The minimum absolute atomic E-state index is 0.0209. The molecule has 0 unspecified atom stereocenters. The van der Waals surface area contributed by atoms with Gasteiger partial charge in [-0.05, 0) is 35.9 Å². The molecule has 3 rings (SSSR count). The van der Waals surface area contributed by atoms with E-state index >= 15 is 0 Å². The first-order chi connectivity index (χ1) is 12.1. The molecule has 1 heterocycles. The van der Waals surface area contributed by atoms with Gasteiger partial charge in [0.25, 0.3) is 0 Å². The molecule has 0 aliphatic rings. The van der Waals surface area contributed by atoms with E-state index in [2.05, 4.69) is 15.5 Å². The highest BCUT2D eigenvalue weighted by Crippen LogP contribution is 2.20. The average molecular weight is 340 g/mol. The van der Waals surface area contributed by atoms with Crippen LogP contribution in [-0.2, 0) is 6.54 Å². The van der Waals surface area contributed by atoms with Crippen LogP contribution < -0.4 is 5.32 Å². The highest BCUT2D eigenvalue weighted by Gasteiger charge is 2.16. The van der Waals surface area contributed by atoms with Crippen molar-refractivity contribution >= 4 is 5.91 Å². The van der Waals surface area contributed by atoms with Crippen LogP contribution in [0.5, 0.6) is 0 Å². The number of carbonyl (C=O) groups excluding carboxylic acids is 1. The van der Waals surface area contributed by atoms with Crippen LogP contribution in [0.3, 0.4) is 0 Å². The number of hydrogen-bond donors (Lipinski definition) is 1. The van der Waals surface area contributed by atoms with Crippen molar-refractivity contribution in [2.24, 2.45) is 0 Å². The molecule has 0 aliphatic carbocycles. The second-order valence-corrected chi connectivity index (χ2v) is 5.03. The Hall–Kier alpha value is -3.60. The minimum atomic E-state index is -0.668. The first-order valence-corrected chi connectivity index (χ1v) is 7.13. The van der Waals surface area contributed by atoms with E-state index in [1.807, 2.05) is 0 Å². The molecule has 1 N–H and O–H groups in total. The van der Waals surface area contributed by atoms with Gasteiger partial charge in [-0.2, -0.15) is 5.26 Å². The first kappa shape index (κ1) is 16.3. The van der Waals surface area contributed by atoms with Gasteiger partial charge < -0.3 is 9.73 Å². The molecule has 0 bridgehead atoms. The average Bonchev–Trinajstić information content (AvgIpc) is 3.10. The molecule has 0 atom stereocenters. The van der Waals surface area contributed by atoms with Crippen molar-refractivity contribution < 1.29 is 18.0 Å². The Morgan fingerprint density at radius 3 is 2.80 bits per heavy atom. The van der Waals surface area contributed by atoms with Crippen LogP contribution in [0.15, 0.2) is 46.9 Å². The number of carbonyl (C=O) groups is 1. The predicted molar refractivity (Wildman–Crippen MR) is 82.0 cm³/mol. The largest absolute Gasteiger partial charge is 0.412 e. The van der Waals surface area contributed by atoms with Gasteiger partial charge in [0.1, 0.15) is 17.7 Å². The van der Waals surface area contributed by atoms with Crippen molar-refractivity contribution in [1.82, 2.24) is 15.5 Å². The van der Waals surface area contributed by atoms with Gasteiger partial charge in [-0.15, -0.1) is 10.2 Å². The van der Waals surface area contributed by atoms with Crippen molar-refractivity contribution in [2.45, 2.75) is 6.54 Å². The lowest BCUT2D eigenvalue weighted by Gasteiger charge is -2.02. The predicted octanol–water partition coefficient (Wildman–Crippen LogP) is 2.82. The quantitative estimate of drug-likeness (QED) is 0.788. The van der Waals surface area contributed by atoms with Crippen molar-refractivity contribution in [3.8, 4) is 17.5 Å². The number of nitriles is 1. The summed E-state index contributed by atoms with van der Waals surface area (Å²) in [6, 6.07) is 11.2. The first-order valence-electron chi connectivity index (χ1n) is 7.13. The molecule has 0 radical (unpaired) electrons. The van der Waals surface area contributed by atoms with Gasteiger partial charge in [-0.3, -0.25) is 4.79 Å². The van der Waals surface area contributed by atoms with Crippen LogP contribution in [-0.4, -0.2) is 16.1 Å². The number of benzene rings is 2. The number of nitrogens with one attached hydrogen (secondary N) is 1. The maximum absolute atomic E-state index is 13.3. The van der Waals surface area contributed by atoms with Gasteiger partial charge in [0, 0.05) is 12.1 Å². The zero-order valence-electron chi connectivity index (χ0n) is 12.7. The van der Waals surface area contributed by atoms with Crippen LogP contribution >= 0.6 is 0 Å². The maximum Gasteiger partial charge on any atom is 0.309 e. The zero-order chi connectivity index (χ0) is 17.8. The normalized spacial score (nSPS) is 10.3. The Balaban J connectivity index is 1.72. The van der Waals surface area contributed by atoms with Gasteiger partial charge in [-0.1, -0.05) is 12.1 Å². The van der Waals surface area contributed by atoms with Crippen molar-refractivity contribution in [1.29, 1.82) is 5.26 Å². The van der Waals surface area contributed by atoms with E-state index in [9.17, 15) is 13.6 Å². The lowest BCUT2D eigenvalue weighted by Crippen LogP contribution is -2.23. The SMILES string of the molecule is N#Cc1cc(-c2nnc(C(=O)NCc3cccc(F)c3)o2)ccc1F. The summed E-state index contributed by atoms with van der Waals surface area (Å²) in [6.45, 7) is 0.0867. The molecule has 0 spiro atoms. The molecule has 1 aromatic heterocycles. The molecule has 0 aliphatic heterocycles. The summed E-state index contributed by atoms with van der Waals surface area (Å²) in [5.74, 6) is -2.03. The molecular formula is C17H10F2N4O2. The maximum atomic E-state index is 13.3. The van der Waals surface area contributed by atoms with Gasteiger partial charge in [0.15, 0.2) is 0 Å². The van der Waals surface area contributed by atoms with Crippen molar-refractivity contribution in [3.63, 3.8) is 0 Å². The number of hydrogen-bond acceptors (Lipinski definition) is 5. The van der Waals surface area contributed by atoms with Crippen molar-refractivity contribution in [3.05, 3.63) is 71.1 Å². The minimum Gasteiger partial charge on any atom is -0.412 e. The summed E-state index contributed by atoms with van der Waals surface area (Å²) >= 11 is 0. The molecule has 8 heteroatoms. The van der Waals surface area contributed by atoms with E-state index in [4.69, 9.17) is 9.68 Å². The third-order valence-corrected chi connectivity index (χ3v) is 3.30. The zero-order valence-corrected chi connectivity index (χ0v) is 12.7. The van der Waals surface area contributed by atoms with E-state index in [0.29, 0.717) is 11.1 Å². The molecule has 124 valence electrons. The fraction of sp³-hybridized carbons (Fsp3) is 0.0588. The summed E-state index contributed by atoms with van der Waals surface area (Å²) in [6.07, 6.45) is 0. The molecule has 1 amide bonds. The highest BCUT2D eigenvalue weighted by molar-refractivity contribution is 5.89. The molecule has 3 aromatic rings. The second kappa shape index (κ2) is 6.88. The Kier molecular flexibility index (Phi) is 4.48. The van der Waals surface area contributed by atoms with E-state index in [-0.39, 0.29) is 23.9 Å². The molecule has 0 saturated carbocycles. The molecule has 0 saturated heterocycles. The number of halogens is 2. The third kappa shape index (κ3) is 3.67. The lowest BCUT2D eigenvalue weighted by molar-refractivity contribution is 0.0916. The van der Waals surface area contributed by atoms with Gasteiger partial charge in [-0.25, -0.2) is 8.78 Å². The summed E-state index contributed by atoms with van der Waals surface area (Å²) in [5.41, 5.74) is 0.715. The van der Waals surface area contributed by atoms with Gasteiger partial charge >= 0.3 is 11.8 Å². The Labute approximate surface area is 140 Å². The number of amides is 1. The summed E-state index contributed by atoms with van der Waals surface area (Å²) < 4.78 is 31.7. The highest BCUT2D eigenvalue weighted by atomic mass is 19.1. The monoisotopic (exact) mass is 340 g/mol. The Morgan fingerprint density at radius 1 is 1.20 bits per heavy atom. The standard InChI is InChI=1S/C17H10F2N4O2/c18-13-3-1-2-10(6-13)9-21-15(24)17-23-22-16(25-17)11-4-5-14(19)12(7-11)8-20/h1-7H,9H2,(H,21,24). The summed E-state index contributed by atoms with van der Waals surface area (Å²) in [7, 11) is 0. The van der Waals surface area contributed by atoms with E-state index in [1.54, 1.807) is 12.1 Å². The van der Waals surface area contributed by atoms with Crippen LogP contribution in [0, 0.1) is 23.0 Å². The number of nitrogens with zero attached hydrogens (tertiary/aromatic N) is 3. The topological polar surface area (TPSA) is 91.8 Å². The fourth-order valence-electron chi connectivity index (χ4n) is 2.08. The van der Waals surface area contributed by atoms with Crippen LogP contribution in [0.1, 0.15) is 21.8 Å². The van der Waals surface area contributed by atoms with Crippen LogP contribution in [0.4, 0.5) is 8.78 Å². The molecule has 0 fully saturated rings. The molecular weight excluding hydrogens is 330 g/mol. The van der Waals surface area contributed by atoms with Crippen molar-refractivity contribution in [2.75, 3.05) is 0 Å². The Morgan fingerprint density at radius 2 is 2.04 bits per heavy atom. The van der Waals surface area contributed by atoms with E-state index in [0.717, 1.165) is 6.07 Å². The third-order valence-electron chi connectivity index (χ3n) is 3.30. The van der Waals surface area contributed by atoms with Crippen LogP contribution in [0.2, 0.25) is 0 Å². The fourth-order valence-corrected chi connectivity index (χ4v) is 2.08. The molecule has 6 nitrogen and oxygen atoms in total. The van der Waals surface area contributed by atoms with Gasteiger partial charge in [0.05, 0.1) is 5.56 Å². The lowest BCUT2D eigenvalue weighted by atomic mass is 10.1. The summed E-state index contributed by atoms with van der Waals surface area (Å²) in [4.78, 5) is 12.0. The van der Waals surface area contributed by atoms with Crippen LogP contribution in [0.25, 0.3) is 11.5 Å².